The second-order valence-electron chi connectivity index (χ2n) is 7.08. The summed E-state index contributed by atoms with van der Waals surface area (Å²) < 4.78 is 18.9. The normalized spacial score (nSPS) is 18.2. The lowest BCUT2D eigenvalue weighted by atomic mass is 9.90. The zero-order valence-corrected chi connectivity index (χ0v) is 16.0. The summed E-state index contributed by atoms with van der Waals surface area (Å²) in [4.78, 5) is 2.24. The molecule has 0 fully saturated rings. The molecule has 1 atom stereocenters. The summed E-state index contributed by atoms with van der Waals surface area (Å²) in [6.07, 6.45) is 0.890. The van der Waals surface area contributed by atoms with Gasteiger partial charge in [-0.1, -0.05) is 18.2 Å². The average molecular weight is 379 g/mol. The first-order valence-electron chi connectivity index (χ1n) is 9.23. The van der Waals surface area contributed by atoms with E-state index in [1.807, 2.05) is 22.9 Å². The van der Waals surface area contributed by atoms with E-state index in [9.17, 15) is 0 Å². The Morgan fingerprint density at radius 1 is 1.21 bits per heavy atom. The smallest absolute Gasteiger partial charge is 0.231 e. The molecule has 2 aliphatic rings. The number of tetrazole rings is 1. The largest absolute Gasteiger partial charge is 0.492 e. The molecule has 2 aromatic carbocycles. The Labute approximate surface area is 162 Å². The lowest BCUT2D eigenvalue weighted by Crippen LogP contribution is -2.35. The van der Waals surface area contributed by atoms with Crippen molar-refractivity contribution in [1.29, 1.82) is 0 Å². The molecule has 0 saturated carbocycles. The van der Waals surface area contributed by atoms with Crippen LogP contribution in [-0.4, -0.2) is 52.6 Å². The summed E-state index contributed by atoms with van der Waals surface area (Å²) in [5.74, 6) is 2.82. The van der Waals surface area contributed by atoms with Gasteiger partial charge in [-0.3, -0.25) is 4.90 Å². The Morgan fingerprint density at radius 2 is 2.07 bits per heavy atom. The number of ether oxygens (including phenoxy) is 3. The van der Waals surface area contributed by atoms with E-state index in [0.29, 0.717) is 11.5 Å². The highest BCUT2D eigenvalue weighted by Crippen LogP contribution is 2.50. The molecule has 8 heteroatoms. The number of methoxy groups -OCH3 is 1. The maximum absolute atomic E-state index is 5.79. The van der Waals surface area contributed by atoms with E-state index < -0.39 is 0 Å². The van der Waals surface area contributed by atoms with Crippen molar-refractivity contribution in [2.45, 2.75) is 19.4 Å². The van der Waals surface area contributed by atoms with Gasteiger partial charge in [-0.15, -0.1) is 5.10 Å². The van der Waals surface area contributed by atoms with Crippen molar-refractivity contribution in [3.8, 4) is 22.9 Å². The number of aryl methyl sites for hydroxylation is 1. The highest BCUT2D eigenvalue weighted by molar-refractivity contribution is 5.62. The third-order valence-electron chi connectivity index (χ3n) is 5.48. The van der Waals surface area contributed by atoms with E-state index in [-0.39, 0.29) is 12.8 Å². The Balaban J connectivity index is 1.72. The third kappa shape index (κ3) is 2.45. The van der Waals surface area contributed by atoms with Crippen molar-refractivity contribution < 1.29 is 14.2 Å². The average Bonchev–Trinajstić information content (AvgIpc) is 3.36. The second kappa shape index (κ2) is 6.49. The van der Waals surface area contributed by atoms with Crippen LogP contribution in [0.2, 0.25) is 0 Å². The number of rotatable bonds is 3. The first kappa shape index (κ1) is 17.0. The Hall–Kier alpha value is -3.13. The summed E-state index contributed by atoms with van der Waals surface area (Å²) in [5.41, 5.74) is 4.27. The Bertz CT molecular complexity index is 1050. The predicted molar refractivity (Wildman–Crippen MR) is 101 cm³/mol. The lowest BCUT2D eigenvalue weighted by Gasteiger charge is -2.34. The van der Waals surface area contributed by atoms with E-state index in [4.69, 9.17) is 14.2 Å². The molecule has 3 aromatic rings. The molecule has 0 unspecified atom stereocenters. The Morgan fingerprint density at radius 3 is 2.89 bits per heavy atom. The van der Waals surface area contributed by atoms with Gasteiger partial charge in [-0.2, -0.15) is 4.68 Å². The summed E-state index contributed by atoms with van der Waals surface area (Å²) in [6, 6.07) is 9.97. The summed E-state index contributed by atoms with van der Waals surface area (Å²) in [7, 11) is 3.74. The van der Waals surface area contributed by atoms with Crippen LogP contribution < -0.4 is 14.2 Å². The number of fused-ring (bicyclic) bond motifs is 2. The van der Waals surface area contributed by atoms with Crippen molar-refractivity contribution in [3.05, 3.63) is 52.8 Å². The van der Waals surface area contributed by atoms with Crippen molar-refractivity contribution in [2.75, 3.05) is 27.5 Å². The van der Waals surface area contributed by atoms with Crippen LogP contribution in [0.25, 0.3) is 5.69 Å². The number of nitrogens with zero attached hydrogens (tertiary/aromatic N) is 5. The first-order chi connectivity index (χ1) is 13.7. The minimum atomic E-state index is -0.164. The maximum atomic E-state index is 5.79. The molecule has 5 rings (SSSR count). The number of likely N-dealkylation sites (N-methyl/N-ethyl adjacent to an activating group) is 1. The number of aromatic nitrogens is 4. The van der Waals surface area contributed by atoms with Crippen LogP contribution >= 0.6 is 0 Å². The molecule has 28 heavy (non-hydrogen) atoms. The molecule has 0 amide bonds. The van der Waals surface area contributed by atoms with Gasteiger partial charge in [0.2, 0.25) is 12.5 Å². The second-order valence-corrected chi connectivity index (χ2v) is 7.08. The van der Waals surface area contributed by atoms with Gasteiger partial charge in [0.05, 0.1) is 12.8 Å². The fourth-order valence-electron chi connectivity index (χ4n) is 4.10. The van der Waals surface area contributed by atoms with Crippen LogP contribution in [0.1, 0.15) is 28.6 Å². The zero-order chi connectivity index (χ0) is 19.3. The Kier molecular flexibility index (Phi) is 3.94. The van der Waals surface area contributed by atoms with Crippen LogP contribution in [0.15, 0.2) is 30.3 Å². The van der Waals surface area contributed by atoms with E-state index in [0.717, 1.165) is 41.4 Å². The molecule has 0 N–H and O–H groups in total. The molecule has 0 spiro atoms. The highest BCUT2D eigenvalue weighted by atomic mass is 16.7. The van der Waals surface area contributed by atoms with Gasteiger partial charge in [-0.05, 0) is 54.1 Å². The van der Waals surface area contributed by atoms with Crippen molar-refractivity contribution >= 4 is 0 Å². The van der Waals surface area contributed by atoms with Gasteiger partial charge >= 0.3 is 0 Å². The zero-order valence-electron chi connectivity index (χ0n) is 16.0. The molecule has 144 valence electrons. The van der Waals surface area contributed by atoms with E-state index in [2.05, 4.69) is 46.5 Å². The van der Waals surface area contributed by atoms with Gasteiger partial charge in [0, 0.05) is 12.1 Å². The minimum Gasteiger partial charge on any atom is -0.492 e. The predicted octanol–water partition coefficient (Wildman–Crippen LogP) is 2.29. The molecule has 0 saturated heterocycles. The molecule has 0 aliphatic carbocycles. The van der Waals surface area contributed by atoms with Gasteiger partial charge in [0.25, 0.3) is 0 Å². The standard InChI is InChI=1S/C20H21N5O3/c1-12-6-4-5-7-14(12)25-20(21-22-23-25)17-16-13(8-9-24(17)2)10-15-18(19(16)26-3)28-11-27-15/h4-7,10,17H,8-9,11H2,1-3H3/t17-/m0/s1. The number of hydrogen-bond acceptors (Lipinski definition) is 7. The monoisotopic (exact) mass is 379 g/mol. The quantitative estimate of drug-likeness (QED) is 0.691. The molecular weight excluding hydrogens is 358 g/mol. The molecule has 3 heterocycles. The topological polar surface area (TPSA) is 74.5 Å². The van der Waals surface area contributed by atoms with Crippen LogP contribution in [0.4, 0.5) is 0 Å². The fourth-order valence-corrected chi connectivity index (χ4v) is 4.10. The number of hydrogen-bond donors (Lipinski definition) is 0. The van der Waals surface area contributed by atoms with Gasteiger partial charge < -0.3 is 14.2 Å². The summed E-state index contributed by atoms with van der Waals surface area (Å²) in [6.45, 7) is 3.13. The minimum absolute atomic E-state index is 0.164. The van der Waals surface area contributed by atoms with E-state index in [1.165, 1.54) is 5.56 Å². The third-order valence-corrected chi connectivity index (χ3v) is 5.48. The molecule has 0 bridgehead atoms. The van der Waals surface area contributed by atoms with E-state index in [1.54, 1.807) is 7.11 Å². The van der Waals surface area contributed by atoms with Crippen molar-refractivity contribution in [2.24, 2.45) is 0 Å². The van der Waals surface area contributed by atoms with Crippen LogP contribution in [0.5, 0.6) is 17.2 Å². The molecule has 0 radical (unpaired) electrons. The van der Waals surface area contributed by atoms with Crippen LogP contribution in [-0.2, 0) is 6.42 Å². The molecule has 8 nitrogen and oxygen atoms in total. The summed E-state index contributed by atoms with van der Waals surface area (Å²) >= 11 is 0. The highest BCUT2D eigenvalue weighted by Gasteiger charge is 2.37. The fraction of sp³-hybridized carbons (Fsp3) is 0.350. The van der Waals surface area contributed by atoms with Gasteiger partial charge in [-0.25, -0.2) is 0 Å². The number of benzene rings is 2. The van der Waals surface area contributed by atoms with Gasteiger partial charge in [0.15, 0.2) is 17.3 Å². The van der Waals surface area contributed by atoms with Crippen LogP contribution in [0, 0.1) is 6.92 Å². The lowest BCUT2D eigenvalue weighted by molar-refractivity contribution is 0.170. The molecule has 2 aliphatic heterocycles. The van der Waals surface area contributed by atoms with Crippen molar-refractivity contribution in [3.63, 3.8) is 0 Å². The number of para-hydroxylation sites is 1. The SMILES string of the molecule is COc1c2c(cc3c1[C@@H](c1nnnn1-c1ccccc1C)N(C)CC3)OCO2. The van der Waals surface area contributed by atoms with E-state index >= 15 is 0 Å². The van der Waals surface area contributed by atoms with Crippen LogP contribution in [0.3, 0.4) is 0 Å². The first-order valence-corrected chi connectivity index (χ1v) is 9.23. The van der Waals surface area contributed by atoms with Gasteiger partial charge in [0.1, 0.15) is 6.04 Å². The maximum Gasteiger partial charge on any atom is 0.231 e. The molecular formula is C20H21N5O3. The molecule has 1 aromatic heterocycles. The van der Waals surface area contributed by atoms with Crippen molar-refractivity contribution in [1.82, 2.24) is 25.1 Å². The summed E-state index contributed by atoms with van der Waals surface area (Å²) in [5, 5.41) is 12.7.